The number of hydrogen-bond donors (Lipinski definition) is 1. The first-order valence-corrected chi connectivity index (χ1v) is 7.77. The van der Waals surface area contributed by atoms with Crippen LogP contribution >= 0.6 is 27.5 Å². The van der Waals surface area contributed by atoms with Crippen molar-refractivity contribution in [2.45, 2.75) is 0 Å². The van der Waals surface area contributed by atoms with Gasteiger partial charge in [0.2, 0.25) is 11.6 Å². The third-order valence-corrected chi connectivity index (χ3v) is 3.88. The van der Waals surface area contributed by atoms with Crippen LogP contribution in [-0.2, 0) is 0 Å². The minimum absolute atomic E-state index is 0.267. The van der Waals surface area contributed by atoms with Gasteiger partial charge >= 0.3 is 0 Å². The maximum Gasteiger partial charge on any atom is 0.237 e. The summed E-state index contributed by atoms with van der Waals surface area (Å²) in [5.41, 5.74) is 4.79. The van der Waals surface area contributed by atoms with Gasteiger partial charge in [-0.25, -0.2) is 4.98 Å². The first-order valence-electron chi connectivity index (χ1n) is 6.60. The lowest BCUT2D eigenvalue weighted by molar-refractivity contribution is 0.620. The molecule has 0 saturated heterocycles. The molecule has 8 heteroatoms. The standard InChI is InChI=1S/C16H7BrClN5O/c17-9-1-3-13(18)12(5-9)16-21-14-6-10(2-4-15(14)24-16)22-23-11(7-19)8-20/h1-6,22H. The van der Waals surface area contributed by atoms with E-state index in [2.05, 4.69) is 31.4 Å². The Labute approximate surface area is 150 Å². The number of halogens is 2. The molecule has 1 heterocycles. The summed E-state index contributed by atoms with van der Waals surface area (Å²) < 4.78 is 6.59. The molecule has 0 amide bonds. The van der Waals surface area contributed by atoms with Crippen LogP contribution in [-0.4, -0.2) is 10.7 Å². The van der Waals surface area contributed by atoms with Crippen LogP contribution in [0.3, 0.4) is 0 Å². The summed E-state index contributed by atoms with van der Waals surface area (Å²) in [6, 6.07) is 13.9. The number of hydrazone groups is 1. The highest BCUT2D eigenvalue weighted by molar-refractivity contribution is 9.10. The van der Waals surface area contributed by atoms with E-state index in [0.29, 0.717) is 33.3 Å². The maximum absolute atomic E-state index is 8.67. The number of oxazole rings is 1. The summed E-state index contributed by atoms with van der Waals surface area (Å²) in [6.45, 7) is 0. The fraction of sp³-hybridized carbons (Fsp3) is 0. The molecule has 2 aromatic carbocycles. The van der Waals surface area contributed by atoms with Crippen molar-refractivity contribution in [1.82, 2.24) is 4.98 Å². The number of benzene rings is 2. The van der Waals surface area contributed by atoms with E-state index in [0.717, 1.165) is 4.47 Å². The summed E-state index contributed by atoms with van der Waals surface area (Å²) in [4.78, 5) is 4.42. The molecule has 6 nitrogen and oxygen atoms in total. The summed E-state index contributed by atoms with van der Waals surface area (Å²) in [7, 11) is 0. The Hall–Kier alpha value is -2.87. The van der Waals surface area contributed by atoms with Crippen LogP contribution in [0.5, 0.6) is 0 Å². The second kappa shape index (κ2) is 6.71. The summed E-state index contributed by atoms with van der Waals surface area (Å²) >= 11 is 9.59. The molecule has 0 bridgehead atoms. The van der Waals surface area contributed by atoms with Gasteiger partial charge in [-0.2, -0.15) is 15.6 Å². The van der Waals surface area contributed by atoms with E-state index < -0.39 is 0 Å². The lowest BCUT2D eigenvalue weighted by Gasteiger charge is -1.99. The van der Waals surface area contributed by atoms with Crippen LogP contribution in [0.1, 0.15) is 0 Å². The van der Waals surface area contributed by atoms with Crippen LogP contribution in [0.25, 0.3) is 22.6 Å². The SMILES string of the molecule is N#CC(C#N)=NNc1ccc2oc(-c3cc(Br)ccc3Cl)nc2c1. The predicted molar refractivity (Wildman–Crippen MR) is 94.4 cm³/mol. The fourth-order valence-electron chi connectivity index (χ4n) is 1.97. The minimum atomic E-state index is -0.267. The molecule has 0 fully saturated rings. The molecule has 0 spiro atoms. The number of aromatic nitrogens is 1. The smallest absolute Gasteiger partial charge is 0.237 e. The van der Waals surface area contributed by atoms with E-state index >= 15 is 0 Å². The largest absolute Gasteiger partial charge is 0.436 e. The molecule has 0 unspecified atom stereocenters. The highest BCUT2D eigenvalue weighted by Gasteiger charge is 2.12. The Bertz CT molecular complexity index is 1030. The summed E-state index contributed by atoms with van der Waals surface area (Å²) in [6.07, 6.45) is 0. The molecule has 3 aromatic rings. The molecule has 0 radical (unpaired) electrons. The average Bonchev–Trinajstić information content (AvgIpc) is 3.01. The molecule has 1 N–H and O–H groups in total. The number of nitriles is 2. The van der Waals surface area contributed by atoms with Crippen molar-refractivity contribution in [3.63, 3.8) is 0 Å². The Morgan fingerprint density at radius 3 is 2.75 bits per heavy atom. The average molecular weight is 401 g/mol. The zero-order valence-corrected chi connectivity index (χ0v) is 14.3. The lowest BCUT2D eigenvalue weighted by Crippen LogP contribution is -1.95. The van der Waals surface area contributed by atoms with E-state index in [1.54, 1.807) is 36.4 Å². The molecule has 1 aromatic heterocycles. The molecule has 3 rings (SSSR count). The number of hydrogen-bond acceptors (Lipinski definition) is 6. The van der Waals surface area contributed by atoms with Gasteiger partial charge in [-0.05, 0) is 36.4 Å². The van der Waals surface area contributed by atoms with Crippen molar-refractivity contribution < 1.29 is 4.42 Å². The number of nitrogens with one attached hydrogen (secondary N) is 1. The number of anilines is 1. The van der Waals surface area contributed by atoms with Crippen molar-refractivity contribution in [3.8, 4) is 23.6 Å². The number of fused-ring (bicyclic) bond motifs is 1. The zero-order chi connectivity index (χ0) is 17.1. The quantitative estimate of drug-likeness (QED) is 0.506. The molecule has 0 aliphatic carbocycles. The normalized spacial score (nSPS) is 10.0. The second-order valence-electron chi connectivity index (χ2n) is 4.62. The van der Waals surface area contributed by atoms with Crippen molar-refractivity contribution >= 4 is 50.0 Å². The summed E-state index contributed by atoms with van der Waals surface area (Å²) in [5.74, 6) is 0.395. The molecule has 116 valence electrons. The van der Waals surface area contributed by atoms with E-state index in [-0.39, 0.29) is 5.71 Å². The van der Waals surface area contributed by atoms with Gasteiger partial charge in [0.15, 0.2) is 5.58 Å². The Kier molecular flexibility index (Phi) is 4.48. The van der Waals surface area contributed by atoms with Gasteiger partial charge in [0, 0.05) is 4.47 Å². The van der Waals surface area contributed by atoms with Gasteiger partial charge in [-0.15, -0.1) is 0 Å². The van der Waals surface area contributed by atoms with Gasteiger partial charge in [-0.1, -0.05) is 27.5 Å². The van der Waals surface area contributed by atoms with Gasteiger partial charge < -0.3 is 4.42 Å². The van der Waals surface area contributed by atoms with Crippen molar-refractivity contribution in [2.24, 2.45) is 5.10 Å². The third kappa shape index (κ3) is 3.23. The van der Waals surface area contributed by atoms with Gasteiger partial charge in [0.05, 0.1) is 16.3 Å². The molecular formula is C16H7BrClN5O. The molecule has 0 saturated carbocycles. The predicted octanol–water partition coefficient (Wildman–Crippen LogP) is 4.73. The Balaban J connectivity index is 1.98. The molecule has 0 atom stereocenters. The molecular weight excluding hydrogens is 394 g/mol. The van der Waals surface area contributed by atoms with Crippen LogP contribution in [0.2, 0.25) is 5.02 Å². The van der Waals surface area contributed by atoms with Crippen LogP contribution in [0, 0.1) is 22.7 Å². The Morgan fingerprint density at radius 2 is 2.00 bits per heavy atom. The van der Waals surface area contributed by atoms with Gasteiger partial charge in [0.25, 0.3) is 0 Å². The number of nitrogens with zero attached hydrogens (tertiary/aromatic N) is 4. The minimum Gasteiger partial charge on any atom is -0.436 e. The molecule has 24 heavy (non-hydrogen) atoms. The van der Waals surface area contributed by atoms with E-state index in [4.69, 9.17) is 26.5 Å². The zero-order valence-electron chi connectivity index (χ0n) is 11.9. The van der Waals surface area contributed by atoms with Gasteiger partial charge in [0.1, 0.15) is 17.7 Å². The molecule has 0 aliphatic rings. The van der Waals surface area contributed by atoms with Crippen molar-refractivity contribution in [3.05, 3.63) is 45.9 Å². The van der Waals surface area contributed by atoms with E-state index in [1.165, 1.54) is 0 Å². The highest BCUT2D eigenvalue weighted by atomic mass is 79.9. The van der Waals surface area contributed by atoms with Crippen LogP contribution < -0.4 is 5.43 Å². The van der Waals surface area contributed by atoms with Crippen molar-refractivity contribution in [1.29, 1.82) is 10.5 Å². The third-order valence-electron chi connectivity index (χ3n) is 3.05. The highest BCUT2D eigenvalue weighted by Crippen LogP contribution is 2.32. The number of rotatable bonds is 3. The van der Waals surface area contributed by atoms with Crippen molar-refractivity contribution in [2.75, 3.05) is 5.43 Å². The van der Waals surface area contributed by atoms with E-state index in [9.17, 15) is 0 Å². The van der Waals surface area contributed by atoms with Crippen LogP contribution in [0.4, 0.5) is 5.69 Å². The van der Waals surface area contributed by atoms with Gasteiger partial charge in [-0.3, -0.25) is 5.43 Å². The summed E-state index contributed by atoms with van der Waals surface area (Å²) in [5, 5.41) is 21.5. The lowest BCUT2D eigenvalue weighted by atomic mass is 10.2. The first kappa shape index (κ1) is 16.0. The second-order valence-corrected chi connectivity index (χ2v) is 5.94. The Morgan fingerprint density at radius 1 is 1.21 bits per heavy atom. The first-order chi connectivity index (χ1) is 11.6. The monoisotopic (exact) mass is 399 g/mol. The topological polar surface area (TPSA) is 98.0 Å². The molecule has 0 aliphatic heterocycles. The van der Waals surface area contributed by atoms with E-state index in [1.807, 2.05) is 12.1 Å². The van der Waals surface area contributed by atoms with Crippen LogP contribution in [0.15, 0.2) is 50.4 Å². The fourth-order valence-corrected chi connectivity index (χ4v) is 2.53. The maximum atomic E-state index is 8.67.